The molecule has 6 heteroatoms. The quantitative estimate of drug-likeness (QED) is 0.862. The predicted octanol–water partition coefficient (Wildman–Crippen LogP) is 1.62. The molecule has 5 nitrogen and oxygen atoms in total. The summed E-state index contributed by atoms with van der Waals surface area (Å²) in [4.78, 5) is 7.87. The van der Waals surface area contributed by atoms with Gasteiger partial charge in [0.2, 0.25) is 0 Å². The van der Waals surface area contributed by atoms with Crippen molar-refractivity contribution in [3.05, 3.63) is 29.0 Å². The number of thiazole rings is 1. The topological polar surface area (TPSA) is 46.0 Å². The van der Waals surface area contributed by atoms with Gasteiger partial charge in [0.05, 0.1) is 6.20 Å². The van der Waals surface area contributed by atoms with Crippen LogP contribution in [-0.2, 0) is 20.1 Å². The standard InChI is InChI=1S/C12H19N5S/c1-4-13-6-11-7-14-12(18-11)16(2)8-10-5-15-17(3)9-10/h5,7,9,13H,4,6,8H2,1-3H3. The van der Waals surface area contributed by atoms with E-state index in [4.69, 9.17) is 0 Å². The predicted molar refractivity (Wildman–Crippen MR) is 74.8 cm³/mol. The van der Waals surface area contributed by atoms with Crippen molar-refractivity contribution in [3.8, 4) is 0 Å². The van der Waals surface area contributed by atoms with Crippen LogP contribution in [0.3, 0.4) is 0 Å². The second-order valence-corrected chi connectivity index (χ2v) is 5.36. The summed E-state index contributed by atoms with van der Waals surface area (Å²) in [7, 11) is 3.99. The van der Waals surface area contributed by atoms with Crippen LogP contribution in [0.5, 0.6) is 0 Å². The number of nitrogens with one attached hydrogen (secondary N) is 1. The maximum atomic E-state index is 4.45. The monoisotopic (exact) mass is 265 g/mol. The molecule has 0 amide bonds. The van der Waals surface area contributed by atoms with Crippen LogP contribution in [0.25, 0.3) is 0 Å². The Morgan fingerprint density at radius 2 is 2.28 bits per heavy atom. The number of aryl methyl sites for hydroxylation is 1. The van der Waals surface area contributed by atoms with Crippen molar-refractivity contribution in [1.82, 2.24) is 20.1 Å². The average Bonchev–Trinajstić information content (AvgIpc) is 2.96. The highest BCUT2D eigenvalue weighted by atomic mass is 32.1. The Morgan fingerprint density at radius 3 is 2.94 bits per heavy atom. The van der Waals surface area contributed by atoms with E-state index in [1.807, 2.05) is 30.3 Å². The molecule has 0 saturated carbocycles. The van der Waals surface area contributed by atoms with Gasteiger partial charge < -0.3 is 10.2 Å². The molecule has 0 aliphatic heterocycles. The molecular formula is C12H19N5S. The molecule has 2 rings (SSSR count). The smallest absolute Gasteiger partial charge is 0.185 e. The number of rotatable bonds is 6. The Bertz CT molecular complexity index is 490. The van der Waals surface area contributed by atoms with Gasteiger partial charge in [0.25, 0.3) is 0 Å². The minimum absolute atomic E-state index is 0.835. The van der Waals surface area contributed by atoms with Gasteiger partial charge >= 0.3 is 0 Å². The number of hydrogen-bond donors (Lipinski definition) is 1. The summed E-state index contributed by atoms with van der Waals surface area (Å²) in [6, 6.07) is 0. The van der Waals surface area contributed by atoms with Crippen molar-refractivity contribution in [1.29, 1.82) is 0 Å². The van der Waals surface area contributed by atoms with Crippen molar-refractivity contribution in [3.63, 3.8) is 0 Å². The normalized spacial score (nSPS) is 10.8. The summed E-state index contributed by atoms with van der Waals surface area (Å²) in [5.41, 5.74) is 1.20. The zero-order chi connectivity index (χ0) is 13.0. The summed E-state index contributed by atoms with van der Waals surface area (Å²) < 4.78 is 1.82. The van der Waals surface area contributed by atoms with Crippen LogP contribution in [0.2, 0.25) is 0 Å². The van der Waals surface area contributed by atoms with E-state index in [1.165, 1.54) is 10.4 Å². The Labute approximate surface area is 111 Å². The zero-order valence-electron chi connectivity index (χ0n) is 11.1. The molecule has 98 valence electrons. The summed E-state index contributed by atoms with van der Waals surface area (Å²) in [6.07, 6.45) is 5.87. The van der Waals surface area contributed by atoms with E-state index < -0.39 is 0 Å². The van der Waals surface area contributed by atoms with Crippen LogP contribution >= 0.6 is 11.3 Å². The van der Waals surface area contributed by atoms with Gasteiger partial charge in [-0.25, -0.2) is 4.98 Å². The molecule has 0 unspecified atom stereocenters. The van der Waals surface area contributed by atoms with E-state index in [1.54, 1.807) is 11.3 Å². The fourth-order valence-corrected chi connectivity index (χ4v) is 2.54. The third-order valence-corrected chi connectivity index (χ3v) is 3.71. The fraction of sp³-hybridized carbons (Fsp3) is 0.500. The van der Waals surface area contributed by atoms with Gasteiger partial charge in [-0.15, -0.1) is 11.3 Å². The number of aromatic nitrogens is 3. The molecule has 1 N–H and O–H groups in total. The lowest BCUT2D eigenvalue weighted by atomic mass is 10.3. The van der Waals surface area contributed by atoms with Crippen molar-refractivity contribution >= 4 is 16.5 Å². The van der Waals surface area contributed by atoms with Crippen LogP contribution in [0, 0.1) is 0 Å². The van der Waals surface area contributed by atoms with Gasteiger partial charge in [0, 0.05) is 50.0 Å². The van der Waals surface area contributed by atoms with E-state index >= 15 is 0 Å². The first kappa shape index (κ1) is 13.0. The lowest BCUT2D eigenvalue weighted by Crippen LogP contribution is -2.15. The summed E-state index contributed by atoms with van der Waals surface area (Å²) in [5.74, 6) is 0. The van der Waals surface area contributed by atoms with Crippen LogP contribution in [-0.4, -0.2) is 28.4 Å². The Hall–Kier alpha value is -1.40. The van der Waals surface area contributed by atoms with E-state index in [0.29, 0.717) is 0 Å². The Morgan fingerprint density at radius 1 is 1.44 bits per heavy atom. The first-order chi connectivity index (χ1) is 8.69. The van der Waals surface area contributed by atoms with Crippen molar-refractivity contribution in [2.75, 3.05) is 18.5 Å². The molecule has 0 aliphatic carbocycles. The van der Waals surface area contributed by atoms with Crippen LogP contribution in [0.1, 0.15) is 17.4 Å². The van der Waals surface area contributed by atoms with Crippen molar-refractivity contribution in [2.45, 2.75) is 20.0 Å². The molecule has 0 spiro atoms. The molecule has 0 aliphatic rings. The molecule has 0 radical (unpaired) electrons. The Kier molecular flexibility index (Phi) is 4.33. The van der Waals surface area contributed by atoms with Crippen molar-refractivity contribution < 1.29 is 0 Å². The second-order valence-electron chi connectivity index (χ2n) is 4.27. The van der Waals surface area contributed by atoms with Gasteiger partial charge in [-0.05, 0) is 6.54 Å². The van der Waals surface area contributed by atoms with Crippen molar-refractivity contribution in [2.24, 2.45) is 7.05 Å². The zero-order valence-corrected chi connectivity index (χ0v) is 11.9. The SMILES string of the molecule is CCNCc1cnc(N(C)Cc2cnn(C)c2)s1. The largest absolute Gasteiger partial charge is 0.347 e. The first-order valence-corrected chi connectivity index (χ1v) is 6.84. The minimum atomic E-state index is 0.835. The lowest BCUT2D eigenvalue weighted by Gasteiger charge is -2.13. The van der Waals surface area contributed by atoms with E-state index in [-0.39, 0.29) is 0 Å². The van der Waals surface area contributed by atoms with E-state index in [2.05, 4.69) is 34.3 Å². The van der Waals surface area contributed by atoms with E-state index in [0.717, 1.165) is 24.8 Å². The first-order valence-electron chi connectivity index (χ1n) is 6.03. The number of anilines is 1. The minimum Gasteiger partial charge on any atom is -0.347 e. The average molecular weight is 265 g/mol. The highest BCUT2D eigenvalue weighted by Gasteiger charge is 2.08. The molecule has 0 saturated heterocycles. The third kappa shape index (κ3) is 3.30. The van der Waals surface area contributed by atoms with Gasteiger partial charge in [0.1, 0.15) is 0 Å². The molecule has 0 bridgehead atoms. The summed E-state index contributed by atoms with van der Waals surface area (Å²) >= 11 is 1.73. The van der Waals surface area contributed by atoms with Gasteiger partial charge in [-0.1, -0.05) is 6.92 Å². The van der Waals surface area contributed by atoms with Crippen LogP contribution < -0.4 is 10.2 Å². The molecule has 18 heavy (non-hydrogen) atoms. The van der Waals surface area contributed by atoms with Crippen LogP contribution in [0.4, 0.5) is 5.13 Å². The summed E-state index contributed by atoms with van der Waals surface area (Å²) in [6.45, 7) is 4.83. The van der Waals surface area contributed by atoms with Gasteiger partial charge in [-0.3, -0.25) is 4.68 Å². The van der Waals surface area contributed by atoms with Crippen LogP contribution in [0.15, 0.2) is 18.6 Å². The Balaban J connectivity index is 1.96. The molecule has 2 heterocycles. The molecule has 2 aromatic rings. The second kappa shape index (κ2) is 5.97. The molecule has 0 fully saturated rings. The van der Waals surface area contributed by atoms with Gasteiger partial charge in [0.15, 0.2) is 5.13 Å². The highest BCUT2D eigenvalue weighted by Crippen LogP contribution is 2.22. The maximum absolute atomic E-state index is 4.45. The molecule has 0 atom stereocenters. The van der Waals surface area contributed by atoms with E-state index in [9.17, 15) is 0 Å². The lowest BCUT2D eigenvalue weighted by molar-refractivity contribution is 0.734. The molecular weight excluding hydrogens is 246 g/mol. The van der Waals surface area contributed by atoms with Gasteiger partial charge in [-0.2, -0.15) is 5.10 Å². The molecule has 2 aromatic heterocycles. The third-order valence-electron chi connectivity index (χ3n) is 2.60. The highest BCUT2D eigenvalue weighted by molar-refractivity contribution is 7.15. The number of nitrogens with zero attached hydrogens (tertiary/aromatic N) is 4. The molecule has 0 aromatic carbocycles. The summed E-state index contributed by atoms with van der Waals surface area (Å²) in [5, 5.41) is 8.53. The number of hydrogen-bond acceptors (Lipinski definition) is 5. The fourth-order valence-electron chi connectivity index (χ4n) is 1.70. The maximum Gasteiger partial charge on any atom is 0.185 e.